The van der Waals surface area contributed by atoms with E-state index >= 15 is 0 Å². The average molecular weight is 294 g/mol. The van der Waals surface area contributed by atoms with Gasteiger partial charge in [0.25, 0.3) is 5.19 Å². The van der Waals surface area contributed by atoms with E-state index in [4.69, 9.17) is 16.3 Å². The second-order valence-electron chi connectivity index (χ2n) is 4.40. The van der Waals surface area contributed by atoms with Crippen LogP contribution in [0, 0.1) is 0 Å². The van der Waals surface area contributed by atoms with Crippen LogP contribution in [-0.4, -0.2) is 20.7 Å². The molecule has 0 atom stereocenters. The monoisotopic (exact) mass is 293 g/mol. The highest BCUT2D eigenvalue weighted by Gasteiger charge is 2.11. The maximum Gasteiger partial charge on any atom is 0.294 e. The fourth-order valence-corrected chi connectivity index (χ4v) is 2.76. The minimum atomic E-state index is 0.114. The third kappa shape index (κ3) is 2.57. The van der Waals surface area contributed by atoms with E-state index in [1.54, 1.807) is 4.52 Å². The molecular weight excluding hydrogens is 282 g/mol. The van der Waals surface area contributed by atoms with E-state index in [0.29, 0.717) is 10.2 Å². The van der Waals surface area contributed by atoms with Crippen LogP contribution >= 0.6 is 22.9 Å². The van der Waals surface area contributed by atoms with E-state index in [2.05, 4.69) is 10.1 Å². The molecule has 0 radical (unpaired) electrons. The largest absolute Gasteiger partial charge is 0.466 e. The van der Waals surface area contributed by atoms with Crippen LogP contribution in [0.25, 0.3) is 16.2 Å². The lowest BCUT2D eigenvalue weighted by molar-refractivity contribution is 0.238. The molecule has 0 saturated heterocycles. The van der Waals surface area contributed by atoms with Gasteiger partial charge in [0.2, 0.25) is 4.96 Å². The Morgan fingerprint density at radius 1 is 1.37 bits per heavy atom. The zero-order chi connectivity index (χ0) is 13.4. The molecule has 0 spiro atoms. The van der Waals surface area contributed by atoms with Crippen molar-refractivity contribution in [1.29, 1.82) is 0 Å². The molecule has 1 aromatic carbocycles. The van der Waals surface area contributed by atoms with E-state index in [1.807, 2.05) is 44.3 Å². The summed E-state index contributed by atoms with van der Waals surface area (Å²) in [6.45, 7) is 3.95. The van der Waals surface area contributed by atoms with Crippen molar-refractivity contribution in [3.05, 3.63) is 35.5 Å². The Kier molecular flexibility index (Phi) is 3.16. The summed E-state index contributed by atoms with van der Waals surface area (Å²) in [5, 5.41) is 5.67. The molecule has 3 aromatic rings. The first-order valence-electron chi connectivity index (χ1n) is 5.90. The van der Waals surface area contributed by atoms with Crippen LogP contribution in [-0.2, 0) is 0 Å². The number of rotatable bonds is 3. The standard InChI is InChI=1S/C13H12ClN3OS/c1-8(2)18-13-16-17-7-11(15-12(17)19-13)9-4-3-5-10(14)6-9/h3-8H,1-2H3. The van der Waals surface area contributed by atoms with Crippen molar-refractivity contribution >= 4 is 27.9 Å². The van der Waals surface area contributed by atoms with Gasteiger partial charge in [0.1, 0.15) is 0 Å². The fourth-order valence-electron chi connectivity index (χ4n) is 1.72. The van der Waals surface area contributed by atoms with Gasteiger partial charge >= 0.3 is 0 Å². The highest BCUT2D eigenvalue weighted by atomic mass is 35.5. The Bertz CT molecular complexity index is 688. The van der Waals surface area contributed by atoms with E-state index in [-0.39, 0.29) is 6.10 Å². The van der Waals surface area contributed by atoms with Crippen molar-refractivity contribution in [3.8, 4) is 16.5 Å². The van der Waals surface area contributed by atoms with Gasteiger partial charge in [0.05, 0.1) is 18.0 Å². The highest BCUT2D eigenvalue weighted by Crippen LogP contribution is 2.27. The first-order chi connectivity index (χ1) is 9.11. The Balaban J connectivity index is 1.97. The van der Waals surface area contributed by atoms with Crippen LogP contribution in [0.15, 0.2) is 30.5 Å². The van der Waals surface area contributed by atoms with Gasteiger partial charge in [-0.25, -0.2) is 9.50 Å². The van der Waals surface area contributed by atoms with Gasteiger partial charge in [-0.1, -0.05) is 23.7 Å². The van der Waals surface area contributed by atoms with E-state index in [1.165, 1.54) is 11.3 Å². The van der Waals surface area contributed by atoms with Crippen molar-refractivity contribution < 1.29 is 4.74 Å². The van der Waals surface area contributed by atoms with Crippen molar-refractivity contribution in [2.24, 2.45) is 0 Å². The quantitative estimate of drug-likeness (QED) is 0.735. The molecule has 0 amide bonds. The minimum Gasteiger partial charge on any atom is -0.466 e. The minimum absolute atomic E-state index is 0.114. The number of nitrogens with zero attached hydrogens (tertiary/aromatic N) is 3. The predicted octanol–water partition coefficient (Wildman–Crippen LogP) is 3.90. The van der Waals surface area contributed by atoms with E-state index in [0.717, 1.165) is 16.2 Å². The molecule has 98 valence electrons. The molecule has 0 unspecified atom stereocenters. The van der Waals surface area contributed by atoms with Crippen molar-refractivity contribution in [2.45, 2.75) is 20.0 Å². The predicted molar refractivity (Wildman–Crippen MR) is 77.1 cm³/mol. The molecular formula is C13H12ClN3OS. The summed E-state index contributed by atoms with van der Waals surface area (Å²) in [6.07, 6.45) is 1.99. The molecule has 0 saturated carbocycles. The number of ether oxygens (including phenoxy) is 1. The Hall–Kier alpha value is -1.59. The van der Waals surface area contributed by atoms with Gasteiger partial charge < -0.3 is 4.74 Å². The summed E-state index contributed by atoms with van der Waals surface area (Å²) in [5.41, 5.74) is 1.84. The molecule has 3 rings (SSSR count). The smallest absolute Gasteiger partial charge is 0.294 e. The molecule has 2 heterocycles. The third-order valence-electron chi connectivity index (χ3n) is 2.48. The lowest BCUT2D eigenvalue weighted by Gasteiger charge is -2.03. The number of fused-ring (bicyclic) bond motifs is 1. The van der Waals surface area contributed by atoms with Crippen LogP contribution in [0.4, 0.5) is 0 Å². The van der Waals surface area contributed by atoms with Gasteiger partial charge in [-0.2, -0.15) is 0 Å². The van der Waals surface area contributed by atoms with Crippen molar-refractivity contribution in [2.75, 3.05) is 0 Å². The maximum absolute atomic E-state index is 5.98. The summed E-state index contributed by atoms with van der Waals surface area (Å²) < 4.78 is 7.28. The number of hydrogen-bond acceptors (Lipinski definition) is 4. The topological polar surface area (TPSA) is 39.4 Å². The second-order valence-corrected chi connectivity index (χ2v) is 5.75. The molecule has 19 heavy (non-hydrogen) atoms. The summed E-state index contributed by atoms with van der Waals surface area (Å²) in [7, 11) is 0. The van der Waals surface area contributed by atoms with Gasteiger partial charge in [-0.05, 0) is 37.3 Å². The van der Waals surface area contributed by atoms with Gasteiger partial charge in [0, 0.05) is 10.6 Å². The highest BCUT2D eigenvalue weighted by molar-refractivity contribution is 7.18. The molecule has 0 aliphatic heterocycles. The SMILES string of the molecule is CC(C)Oc1nn2cc(-c3cccc(Cl)c3)nc2s1. The van der Waals surface area contributed by atoms with Gasteiger partial charge in [-0.15, -0.1) is 5.10 Å². The molecule has 2 aromatic heterocycles. The zero-order valence-electron chi connectivity index (χ0n) is 10.5. The normalized spacial score (nSPS) is 11.4. The Labute approximate surface area is 119 Å². The van der Waals surface area contributed by atoms with Crippen molar-refractivity contribution in [1.82, 2.24) is 14.6 Å². The number of aromatic nitrogens is 3. The van der Waals surface area contributed by atoms with Crippen LogP contribution in [0.3, 0.4) is 0 Å². The molecule has 0 aliphatic carbocycles. The molecule has 6 heteroatoms. The van der Waals surface area contributed by atoms with Gasteiger partial charge in [-0.3, -0.25) is 0 Å². The third-order valence-corrected chi connectivity index (χ3v) is 3.53. The van der Waals surface area contributed by atoms with Gasteiger partial charge in [0.15, 0.2) is 0 Å². The summed E-state index contributed by atoms with van der Waals surface area (Å²) in [6, 6.07) is 7.62. The van der Waals surface area contributed by atoms with Crippen LogP contribution in [0.5, 0.6) is 5.19 Å². The Morgan fingerprint density at radius 3 is 2.89 bits per heavy atom. The van der Waals surface area contributed by atoms with Crippen LogP contribution in [0.2, 0.25) is 5.02 Å². The number of benzene rings is 1. The first-order valence-corrected chi connectivity index (χ1v) is 7.10. The zero-order valence-corrected chi connectivity index (χ0v) is 12.1. The number of hydrogen-bond donors (Lipinski definition) is 0. The molecule has 0 aliphatic rings. The second kappa shape index (κ2) is 4.83. The lowest BCUT2D eigenvalue weighted by Crippen LogP contribution is -2.05. The maximum atomic E-state index is 5.98. The van der Waals surface area contributed by atoms with Crippen LogP contribution in [0.1, 0.15) is 13.8 Å². The summed E-state index contributed by atoms with van der Waals surface area (Å²) in [5.74, 6) is 0. The summed E-state index contributed by atoms with van der Waals surface area (Å²) >= 11 is 7.41. The molecule has 4 nitrogen and oxygen atoms in total. The average Bonchev–Trinajstić information content (AvgIpc) is 2.85. The molecule has 0 bridgehead atoms. The van der Waals surface area contributed by atoms with Crippen molar-refractivity contribution in [3.63, 3.8) is 0 Å². The molecule has 0 N–H and O–H groups in total. The van der Waals surface area contributed by atoms with Crippen LogP contribution < -0.4 is 4.74 Å². The number of imidazole rings is 1. The lowest BCUT2D eigenvalue weighted by atomic mass is 10.2. The number of halogens is 1. The Morgan fingerprint density at radius 2 is 2.21 bits per heavy atom. The fraction of sp³-hybridized carbons (Fsp3) is 0.231. The first kappa shape index (κ1) is 12.4. The molecule has 0 fully saturated rings. The summed E-state index contributed by atoms with van der Waals surface area (Å²) in [4.78, 5) is 5.34. The van der Waals surface area contributed by atoms with E-state index in [9.17, 15) is 0 Å². The van der Waals surface area contributed by atoms with E-state index < -0.39 is 0 Å².